The average Bonchev–Trinajstić information content (AvgIpc) is 2.97. The molecular formula is C38H56N+. The summed E-state index contributed by atoms with van der Waals surface area (Å²) in [4.78, 5) is 0. The van der Waals surface area contributed by atoms with Gasteiger partial charge in [-0.3, -0.25) is 0 Å². The van der Waals surface area contributed by atoms with E-state index < -0.39 is 0 Å². The van der Waals surface area contributed by atoms with Gasteiger partial charge in [-0.1, -0.05) is 181 Å². The van der Waals surface area contributed by atoms with E-state index in [4.69, 9.17) is 0 Å². The van der Waals surface area contributed by atoms with Crippen molar-refractivity contribution in [2.75, 3.05) is 6.54 Å². The predicted molar refractivity (Wildman–Crippen MR) is 170 cm³/mol. The molecule has 0 saturated heterocycles. The highest BCUT2D eigenvalue weighted by atomic mass is 15.3. The van der Waals surface area contributed by atoms with Crippen LogP contribution >= 0.6 is 0 Å². The number of nitrogens with zero attached hydrogens (tertiary/aromatic N) is 1. The van der Waals surface area contributed by atoms with Crippen molar-refractivity contribution in [2.45, 2.75) is 123 Å². The molecule has 0 fully saturated rings. The van der Waals surface area contributed by atoms with E-state index in [0.717, 1.165) is 24.1 Å². The third-order valence-electron chi connectivity index (χ3n) is 8.32. The first-order chi connectivity index (χ1) is 19.3. The van der Waals surface area contributed by atoms with Crippen molar-refractivity contribution < 1.29 is 4.48 Å². The average molecular weight is 527 g/mol. The van der Waals surface area contributed by atoms with Crippen molar-refractivity contribution in [3.63, 3.8) is 0 Å². The molecule has 3 aromatic rings. The summed E-state index contributed by atoms with van der Waals surface area (Å²) in [7, 11) is 0. The fraction of sp³-hybridized carbons (Fsp3) is 0.526. The fourth-order valence-electron chi connectivity index (χ4n) is 6.14. The lowest BCUT2D eigenvalue weighted by molar-refractivity contribution is -0.966. The van der Waals surface area contributed by atoms with Crippen LogP contribution in [0.25, 0.3) is 0 Å². The Bertz CT molecular complexity index is 848. The van der Waals surface area contributed by atoms with E-state index in [2.05, 4.69) is 97.9 Å². The molecule has 39 heavy (non-hydrogen) atoms. The van der Waals surface area contributed by atoms with Gasteiger partial charge in [0.2, 0.25) is 0 Å². The Morgan fingerprint density at radius 2 is 0.641 bits per heavy atom. The standard InChI is InChI=1S/C38H56N/c1-2-3-4-5-6-7-8-9-10-11-12-13-14-15-25-32-39(33-36-26-19-16-20-27-36,34-37-28-21-17-22-29-37)35-38-30-23-18-24-31-38/h16-24,26-31H,2-15,25,32-35H2,1H3/q+1. The van der Waals surface area contributed by atoms with Crippen molar-refractivity contribution >= 4 is 0 Å². The van der Waals surface area contributed by atoms with Crippen molar-refractivity contribution in [1.29, 1.82) is 0 Å². The van der Waals surface area contributed by atoms with Crippen LogP contribution in [0.1, 0.15) is 120 Å². The molecule has 0 amide bonds. The molecule has 1 heteroatoms. The zero-order chi connectivity index (χ0) is 27.3. The van der Waals surface area contributed by atoms with E-state index >= 15 is 0 Å². The van der Waals surface area contributed by atoms with Gasteiger partial charge in [0.15, 0.2) is 0 Å². The zero-order valence-electron chi connectivity index (χ0n) is 25.0. The number of hydrogen-bond donors (Lipinski definition) is 0. The molecule has 0 aliphatic rings. The second-order valence-electron chi connectivity index (χ2n) is 11.9. The van der Waals surface area contributed by atoms with Gasteiger partial charge < -0.3 is 4.48 Å². The number of benzene rings is 3. The van der Waals surface area contributed by atoms with E-state index in [0.29, 0.717) is 0 Å². The monoisotopic (exact) mass is 526 g/mol. The normalized spacial score (nSPS) is 11.6. The summed E-state index contributed by atoms with van der Waals surface area (Å²) in [5.74, 6) is 0. The van der Waals surface area contributed by atoms with Crippen LogP contribution in [0.2, 0.25) is 0 Å². The first kappa shape index (κ1) is 31.2. The highest BCUT2D eigenvalue weighted by Crippen LogP contribution is 2.26. The third-order valence-corrected chi connectivity index (χ3v) is 8.32. The van der Waals surface area contributed by atoms with Gasteiger partial charge in [0.25, 0.3) is 0 Å². The molecule has 0 unspecified atom stereocenters. The van der Waals surface area contributed by atoms with Crippen molar-refractivity contribution in [3.8, 4) is 0 Å². The first-order valence-corrected chi connectivity index (χ1v) is 16.3. The molecule has 0 heterocycles. The van der Waals surface area contributed by atoms with Gasteiger partial charge in [-0.25, -0.2) is 0 Å². The largest absolute Gasteiger partial charge is 0.312 e. The minimum absolute atomic E-state index is 1.09. The summed E-state index contributed by atoms with van der Waals surface area (Å²) in [6, 6.07) is 33.5. The van der Waals surface area contributed by atoms with E-state index in [1.54, 1.807) is 0 Å². The van der Waals surface area contributed by atoms with Crippen molar-refractivity contribution in [3.05, 3.63) is 108 Å². The van der Waals surface area contributed by atoms with Crippen LogP contribution in [0.3, 0.4) is 0 Å². The van der Waals surface area contributed by atoms with Crippen LogP contribution in [0, 0.1) is 0 Å². The Hall–Kier alpha value is -2.38. The maximum Gasteiger partial charge on any atom is 0.105 e. The molecule has 0 atom stereocenters. The highest BCUT2D eigenvalue weighted by Gasteiger charge is 2.28. The topological polar surface area (TPSA) is 0 Å². The van der Waals surface area contributed by atoms with Crippen LogP contribution in [0.4, 0.5) is 0 Å². The molecule has 0 spiro atoms. The molecule has 212 valence electrons. The molecule has 0 aliphatic heterocycles. The zero-order valence-corrected chi connectivity index (χ0v) is 25.0. The maximum atomic E-state index is 2.31. The molecule has 0 aliphatic carbocycles. The molecule has 0 N–H and O–H groups in total. The quantitative estimate of drug-likeness (QED) is 0.0902. The summed E-state index contributed by atoms with van der Waals surface area (Å²) in [6.07, 6.45) is 21.3. The van der Waals surface area contributed by atoms with Gasteiger partial charge in [-0.15, -0.1) is 0 Å². The third kappa shape index (κ3) is 13.5. The second kappa shape index (κ2) is 19.6. The smallest absolute Gasteiger partial charge is 0.105 e. The Balaban J connectivity index is 1.45. The SMILES string of the molecule is CCCCCCCCCCCCCCCCC[N+](Cc1ccccc1)(Cc1ccccc1)Cc1ccccc1. The van der Waals surface area contributed by atoms with Gasteiger partial charge in [0.05, 0.1) is 6.54 Å². The fourth-order valence-corrected chi connectivity index (χ4v) is 6.14. The number of unbranched alkanes of at least 4 members (excludes halogenated alkanes) is 14. The lowest BCUT2D eigenvalue weighted by atomic mass is 10.0. The van der Waals surface area contributed by atoms with Crippen LogP contribution in [-0.4, -0.2) is 11.0 Å². The van der Waals surface area contributed by atoms with Gasteiger partial charge in [0, 0.05) is 16.7 Å². The molecule has 3 aromatic carbocycles. The van der Waals surface area contributed by atoms with Crippen molar-refractivity contribution in [1.82, 2.24) is 0 Å². The van der Waals surface area contributed by atoms with Crippen LogP contribution in [0.15, 0.2) is 91.0 Å². The molecular weight excluding hydrogens is 470 g/mol. The van der Waals surface area contributed by atoms with Crippen LogP contribution < -0.4 is 0 Å². The molecule has 3 rings (SSSR count). The highest BCUT2D eigenvalue weighted by molar-refractivity contribution is 5.17. The Labute approximate surface area is 241 Å². The van der Waals surface area contributed by atoms with E-state index in [9.17, 15) is 0 Å². The summed E-state index contributed by atoms with van der Waals surface area (Å²) < 4.78 is 1.09. The Morgan fingerprint density at radius 3 is 0.949 bits per heavy atom. The van der Waals surface area contributed by atoms with Crippen molar-refractivity contribution in [2.24, 2.45) is 0 Å². The Kier molecular flexibility index (Phi) is 15.7. The van der Waals surface area contributed by atoms with E-state index in [-0.39, 0.29) is 0 Å². The summed E-state index contributed by atoms with van der Waals surface area (Å²) in [6.45, 7) is 6.79. The molecule has 0 aromatic heterocycles. The lowest BCUT2D eigenvalue weighted by Gasteiger charge is -2.39. The van der Waals surface area contributed by atoms with E-state index in [1.807, 2.05) is 0 Å². The summed E-state index contributed by atoms with van der Waals surface area (Å²) >= 11 is 0. The molecule has 1 nitrogen and oxygen atoms in total. The molecule has 0 radical (unpaired) electrons. The Morgan fingerprint density at radius 1 is 0.359 bits per heavy atom. The second-order valence-corrected chi connectivity index (χ2v) is 11.9. The summed E-state index contributed by atoms with van der Waals surface area (Å²) in [5, 5.41) is 0. The number of rotatable bonds is 22. The van der Waals surface area contributed by atoms with Gasteiger partial charge in [0.1, 0.15) is 19.6 Å². The predicted octanol–water partition coefficient (Wildman–Crippen LogP) is 11.3. The minimum atomic E-state index is 1.09. The molecule has 0 bridgehead atoms. The number of hydrogen-bond acceptors (Lipinski definition) is 0. The van der Waals surface area contributed by atoms with E-state index in [1.165, 1.54) is 120 Å². The van der Waals surface area contributed by atoms with Gasteiger partial charge in [-0.05, 0) is 12.8 Å². The van der Waals surface area contributed by atoms with Gasteiger partial charge >= 0.3 is 0 Å². The lowest BCUT2D eigenvalue weighted by Crippen LogP contribution is -2.46. The maximum absolute atomic E-state index is 2.31. The summed E-state index contributed by atoms with van der Waals surface area (Å²) in [5.41, 5.74) is 4.35. The first-order valence-electron chi connectivity index (χ1n) is 16.3. The minimum Gasteiger partial charge on any atom is -0.312 e. The molecule has 0 saturated carbocycles. The van der Waals surface area contributed by atoms with Crippen LogP contribution in [0.5, 0.6) is 0 Å². The van der Waals surface area contributed by atoms with Crippen LogP contribution in [-0.2, 0) is 19.6 Å². The number of quaternary nitrogens is 1. The van der Waals surface area contributed by atoms with Gasteiger partial charge in [-0.2, -0.15) is 0 Å².